The topological polar surface area (TPSA) is 58.6 Å². The summed E-state index contributed by atoms with van der Waals surface area (Å²) in [6.07, 6.45) is 0. The van der Waals surface area contributed by atoms with Crippen LogP contribution in [0.5, 0.6) is 5.75 Å². The molecule has 0 bridgehead atoms. The van der Waals surface area contributed by atoms with Gasteiger partial charge < -0.3 is 4.74 Å². The van der Waals surface area contributed by atoms with E-state index in [2.05, 4.69) is 4.72 Å². The van der Waals surface area contributed by atoms with E-state index in [1.54, 1.807) is 7.11 Å². The summed E-state index contributed by atoms with van der Waals surface area (Å²) in [7, 11) is -1.65. The molecule has 1 aliphatic rings. The van der Waals surface area contributed by atoms with Crippen molar-refractivity contribution < 1.29 is 13.2 Å². The third-order valence-corrected chi connectivity index (χ3v) is 4.06. The highest BCUT2D eigenvalue weighted by atomic mass is 32.2. The number of nitrogens with one attached hydrogen (secondary N) is 1. The lowest BCUT2D eigenvalue weighted by atomic mass is 10.2. The highest BCUT2D eigenvalue weighted by Gasteiger charge is 2.27. The molecule has 0 radical (unpaired) electrons. The summed E-state index contributed by atoms with van der Waals surface area (Å²) < 4.78 is 31.9. The van der Waals surface area contributed by atoms with Gasteiger partial charge in [-0.1, -0.05) is 12.1 Å². The Hall–Kier alpha value is -1.11. The van der Waals surface area contributed by atoms with Gasteiger partial charge in [0.05, 0.1) is 7.11 Å². The molecule has 88 valence electrons. The van der Waals surface area contributed by atoms with E-state index in [4.69, 9.17) is 4.74 Å². The van der Waals surface area contributed by atoms with Gasteiger partial charge in [-0.05, 0) is 17.7 Å². The lowest BCUT2D eigenvalue weighted by Gasteiger charge is -2.13. The first-order valence-electron chi connectivity index (χ1n) is 4.99. The number of benzene rings is 1. The van der Waals surface area contributed by atoms with Crippen LogP contribution in [0.2, 0.25) is 0 Å². The minimum Gasteiger partial charge on any atom is -0.497 e. The van der Waals surface area contributed by atoms with Crippen LogP contribution in [0.3, 0.4) is 0 Å². The predicted octanol–water partition coefficient (Wildman–Crippen LogP) is 0.345. The van der Waals surface area contributed by atoms with Gasteiger partial charge in [-0.15, -0.1) is 0 Å². The van der Waals surface area contributed by atoms with Crippen LogP contribution >= 0.6 is 0 Å². The van der Waals surface area contributed by atoms with Crippen LogP contribution in [0.15, 0.2) is 24.3 Å². The molecule has 0 saturated carbocycles. The predicted molar refractivity (Wildman–Crippen MR) is 60.3 cm³/mol. The summed E-state index contributed by atoms with van der Waals surface area (Å²) in [4.78, 5) is 0. The van der Waals surface area contributed by atoms with Gasteiger partial charge in [0, 0.05) is 19.6 Å². The zero-order valence-electron chi connectivity index (χ0n) is 9.01. The number of methoxy groups -OCH3 is 1. The fraction of sp³-hybridized carbons (Fsp3) is 0.400. The number of ether oxygens (including phenoxy) is 1. The second-order valence-corrected chi connectivity index (χ2v) is 5.34. The Kier molecular flexibility index (Phi) is 3.13. The minimum absolute atomic E-state index is 0.402. The molecule has 0 spiro atoms. The molecule has 2 rings (SSSR count). The van der Waals surface area contributed by atoms with E-state index in [-0.39, 0.29) is 0 Å². The van der Waals surface area contributed by atoms with E-state index in [1.165, 1.54) is 4.31 Å². The van der Waals surface area contributed by atoms with Crippen molar-refractivity contribution in [2.24, 2.45) is 0 Å². The molecule has 1 saturated heterocycles. The van der Waals surface area contributed by atoms with E-state index in [9.17, 15) is 8.42 Å². The number of rotatable bonds is 3. The fourth-order valence-electron chi connectivity index (χ4n) is 1.61. The molecule has 0 amide bonds. The molecular weight excluding hydrogens is 228 g/mol. The van der Waals surface area contributed by atoms with Crippen molar-refractivity contribution in [2.45, 2.75) is 6.54 Å². The third-order valence-electron chi connectivity index (χ3n) is 2.50. The molecule has 5 nitrogen and oxygen atoms in total. The highest BCUT2D eigenvalue weighted by molar-refractivity contribution is 7.87. The normalized spacial score (nSPS) is 19.8. The first-order chi connectivity index (χ1) is 7.62. The summed E-state index contributed by atoms with van der Waals surface area (Å²) in [5, 5.41) is 0. The molecule has 0 unspecified atom stereocenters. The molecule has 1 aromatic rings. The average molecular weight is 242 g/mol. The van der Waals surface area contributed by atoms with Crippen LogP contribution in [-0.4, -0.2) is 32.9 Å². The number of hydrogen-bond donors (Lipinski definition) is 1. The second-order valence-electron chi connectivity index (χ2n) is 3.58. The van der Waals surface area contributed by atoms with Crippen molar-refractivity contribution in [3.8, 4) is 5.75 Å². The maximum absolute atomic E-state index is 11.5. The zero-order chi connectivity index (χ0) is 11.6. The van der Waals surface area contributed by atoms with E-state index in [0.29, 0.717) is 19.6 Å². The second kappa shape index (κ2) is 4.40. The standard InChI is InChI=1S/C10H14N2O3S/c1-15-10-4-2-9(3-5-10)8-12-7-6-11-16(12,13)14/h2-5,11H,6-8H2,1H3. The molecule has 1 N–H and O–H groups in total. The van der Waals surface area contributed by atoms with Gasteiger partial charge in [-0.25, -0.2) is 4.72 Å². The maximum Gasteiger partial charge on any atom is 0.279 e. The summed E-state index contributed by atoms with van der Waals surface area (Å²) >= 11 is 0. The largest absolute Gasteiger partial charge is 0.497 e. The summed E-state index contributed by atoms with van der Waals surface area (Å²) in [5.41, 5.74) is 0.952. The van der Waals surface area contributed by atoms with Gasteiger partial charge in [-0.3, -0.25) is 0 Å². The van der Waals surface area contributed by atoms with Crippen molar-refractivity contribution in [3.05, 3.63) is 29.8 Å². The average Bonchev–Trinajstić information content (AvgIpc) is 2.59. The van der Waals surface area contributed by atoms with Crippen molar-refractivity contribution in [1.29, 1.82) is 0 Å². The first kappa shape index (κ1) is 11.4. The van der Waals surface area contributed by atoms with E-state index >= 15 is 0 Å². The van der Waals surface area contributed by atoms with E-state index < -0.39 is 10.2 Å². The van der Waals surface area contributed by atoms with Crippen LogP contribution in [0.25, 0.3) is 0 Å². The van der Waals surface area contributed by atoms with Gasteiger partial charge >= 0.3 is 0 Å². The highest BCUT2D eigenvalue weighted by Crippen LogP contribution is 2.15. The lowest BCUT2D eigenvalue weighted by Crippen LogP contribution is -2.28. The Morgan fingerprint density at radius 3 is 2.56 bits per heavy atom. The maximum atomic E-state index is 11.5. The van der Waals surface area contributed by atoms with Crippen LogP contribution < -0.4 is 9.46 Å². The van der Waals surface area contributed by atoms with Crippen LogP contribution in [0, 0.1) is 0 Å². The van der Waals surface area contributed by atoms with Gasteiger partial charge in [-0.2, -0.15) is 12.7 Å². The number of nitrogens with zero attached hydrogens (tertiary/aromatic N) is 1. The first-order valence-corrected chi connectivity index (χ1v) is 6.43. The van der Waals surface area contributed by atoms with Crippen molar-refractivity contribution in [3.63, 3.8) is 0 Å². The van der Waals surface area contributed by atoms with Crippen molar-refractivity contribution >= 4 is 10.2 Å². The van der Waals surface area contributed by atoms with Crippen molar-refractivity contribution in [2.75, 3.05) is 20.2 Å². The van der Waals surface area contributed by atoms with Crippen LogP contribution in [0.1, 0.15) is 5.56 Å². The quantitative estimate of drug-likeness (QED) is 0.831. The van der Waals surface area contributed by atoms with Crippen molar-refractivity contribution in [1.82, 2.24) is 9.03 Å². The summed E-state index contributed by atoms with van der Waals surface area (Å²) in [5.74, 6) is 0.770. The molecule has 6 heteroatoms. The Balaban J connectivity index is 2.09. The molecule has 16 heavy (non-hydrogen) atoms. The fourth-order valence-corrected chi connectivity index (χ4v) is 2.79. The molecule has 1 heterocycles. The molecular formula is C10H14N2O3S. The molecule has 0 aromatic heterocycles. The zero-order valence-corrected chi connectivity index (χ0v) is 9.83. The Morgan fingerprint density at radius 1 is 1.38 bits per heavy atom. The van der Waals surface area contributed by atoms with Crippen LogP contribution in [-0.2, 0) is 16.8 Å². The Labute approximate surface area is 95.2 Å². The smallest absolute Gasteiger partial charge is 0.279 e. The third kappa shape index (κ3) is 2.34. The Morgan fingerprint density at radius 2 is 2.06 bits per heavy atom. The summed E-state index contributed by atoms with van der Waals surface area (Å²) in [6.45, 7) is 1.41. The van der Waals surface area contributed by atoms with E-state index in [1.807, 2.05) is 24.3 Å². The van der Waals surface area contributed by atoms with Gasteiger partial charge in [0.15, 0.2) is 0 Å². The van der Waals surface area contributed by atoms with Gasteiger partial charge in [0.2, 0.25) is 0 Å². The lowest BCUT2D eigenvalue weighted by molar-refractivity contribution is 0.413. The Bertz CT molecular complexity index is 455. The SMILES string of the molecule is COc1ccc(CN2CCNS2(=O)=O)cc1. The number of hydrogen-bond acceptors (Lipinski definition) is 3. The molecule has 1 fully saturated rings. The van der Waals surface area contributed by atoms with Gasteiger partial charge in [0.25, 0.3) is 10.2 Å². The van der Waals surface area contributed by atoms with E-state index in [0.717, 1.165) is 11.3 Å². The molecule has 1 aromatic carbocycles. The minimum atomic E-state index is -3.25. The summed E-state index contributed by atoms with van der Waals surface area (Å²) in [6, 6.07) is 7.39. The monoisotopic (exact) mass is 242 g/mol. The molecule has 0 aliphatic carbocycles. The van der Waals surface area contributed by atoms with Crippen LogP contribution in [0.4, 0.5) is 0 Å². The van der Waals surface area contributed by atoms with Gasteiger partial charge in [0.1, 0.15) is 5.75 Å². The molecule has 1 aliphatic heterocycles. The molecule has 0 atom stereocenters.